The minimum Gasteiger partial charge on any atom is -0.346 e. The number of alkyl halides is 3. The van der Waals surface area contributed by atoms with Gasteiger partial charge in [0.25, 0.3) is 0 Å². The fourth-order valence-corrected chi connectivity index (χ4v) is 0.859. The summed E-state index contributed by atoms with van der Waals surface area (Å²) in [5, 5.41) is 4.47. The van der Waals surface area contributed by atoms with Gasteiger partial charge in [-0.05, 0) is 6.92 Å². The van der Waals surface area contributed by atoms with E-state index in [4.69, 9.17) is 0 Å². The molecule has 1 atom stereocenters. The van der Waals surface area contributed by atoms with Crippen molar-refractivity contribution in [3.8, 4) is 0 Å². The average molecular weight is 289 g/mol. The number of carbonyl (C=O) groups is 1. The van der Waals surface area contributed by atoms with Crippen molar-refractivity contribution >= 4 is 21.8 Å². The second kappa shape index (κ2) is 6.12. The topological polar surface area (TPSA) is 41.1 Å². The Morgan fingerprint density at radius 3 is 2.47 bits per heavy atom. The number of nitrogens with one attached hydrogen (secondary N) is 2. The Kier molecular flexibility index (Phi) is 5.89. The first-order valence-corrected chi connectivity index (χ1v) is 4.93. The van der Waals surface area contributed by atoms with Crippen molar-refractivity contribution in [3.63, 3.8) is 0 Å². The highest BCUT2D eigenvalue weighted by Gasteiger charge is 2.28. The predicted molar refractivity (Wildman–Crippen MR) is 54.6 cm³/mol. The first kappa shape index (κ1) is 14.4. The maximum Gasteiger partial charge on any atom is 0.405 e. The highest BCUT2D eigenvalue weighted by Crippen LogP contribution is 2.12. The van der Waals surface area contributed by atoms with Gasteiger partial charge in [-0.2, -0.15) is 13.2 Å². The molecule has 3 nitrogen and oxygen atoms in total. The molecule has 88 valence electrons. The Labute approximate surface area is 94.2 Å². The molecule has 0 fully saturated rings. The average Bonchev–Trinajstić information content (AvgIpc) is 2.08. The van der Waals surface area contributed by atoms with E-state index < -0.39 is 24.7 Å². The number of halogens is 4. The number of amides is 1. The molecular weight excluding hydrogens is 277 g/mol. The highest BCUT2D eigenvalue weighted by atomic mass is 79.9. The lowest BCUT2D eigenvalue weighted by molar-refractivity contribution is -0.139. The van der Waals surface area contributed by atoms with Gasteiger partial charge < -0.3 is 10.6 Å². The lowest BCUT2D eigenvalue weighted by atomic mass is 10.3. The van der Waals surface area contributed by atoms with Gasteiger partial charge >= 0.3 is 6.18 Å². The number of rotatable bonds is 5. The van der Waals surface area contributed by atoms with Crippen LogP contribution in [-0.2, 0) is 4.79 Å². The molecule has 1 amide bonds. The third-order valence-electron chi connectivity index (χ3n) is 1.46. The third-order valence-corrected chi connectivity index (χ3v) is 1.74. The largest absolute Gasteiger partial charge is 0.405 e. The molecule has 0 aromatic carbocycles. The van der Waals surface area contributed by atoms with E-state index in [1.807, 2.05) is 0 Å². The van der Waals surface area contributed by atoms with E-state index >= 15 is 0 Å². The molecule has 0 rings (SSSR count). The summed E-state index contributed by atoms with van der Waals surface area (Å²) < 4.78 is 35.8. The Bertz CT molecular complexity index is 243. The lowest BCUT2D eigenvalue weighted by Crippen LogP contribution is -2.45. The Balaban J connectivity index is 3.84. The van der Waals surface area contributed by atoms with Gasteiger partial charge in [0.2, 0.25) is 5.91 Å². The van der Waals surface area contributed by atoms with E-state index in [1.165, 1.54) is 6.92 Å². The molecule has 0 aliphatic heterocycles. The van der Waals surface area contributed by atoms with Crippen molar-refractivity contribution in [1.82, 2.24) is 10.6 Å². The molecule has 1 unspecified atom stereocenters. The van der Waals surface area contributed by atoms with Crippen molar-refractivity contribution in [3.05, 3.63) is 11.1 Å². The quantitative estimate of drug-likeness (QED) is 0.806. The fourth-order valence-electron chi connectivity index (χ4n) is 0.697. The lowest BCUT2D eigenvalue weighted by Gasteiger charge is -2.14. The zero-order valence-corrected chi connectivity index (χ0v) is 9.70. The normalized spacial score (nSPS) is 13.4. The van der Waals surface area contributed by atoms with E-state index in [0.29, 0.717) is 11.0 Å². The molecule has 0 spiro atoms. The highest BCUT2D eigenvalue weighted by molar-refractivity contribution is 9.11. The van der Waals surface area contributed by atoms with Crippen molar-refractivity contribution in [2.24, 2.45) is 0 Å². The molecule has 0 aliphatic rings. The SMILES string of the molecule is C=C(Br)CNC(C)C(=O)NCC(F)(F)F. The molecule has 0 radical (unpaired) electrons. The van der Waals surface area contributed by atoms with E-state index in [2.05, 4.69) is 27.8 Å². The molecule has 0 heterocycles. The van der Waals surface area contributed by atoms with Gasteiger partial charge in [0.1, 0.15) is 6.54 Å². The van der Waals surface area contributed by atoms with Crippen LogP contribution in [0.25, 0.3) is 0 Å². The Morgan fingerprint density at radius 1 is 1.53 bits per heavy atom. The van der Waals surface area contributed by atoms with Gasteiger partial charge in [-0.25, -0.2) is 0 Å². The molecule has 15 heavy (non-hydrogen) atoms. The zero-order valence-electron chi connectivity index (χ0n) is 8.12. The monoisotopic (exact) mass is 288 g/mol. The van der Waals surface area contributed by atoms with Gasteiger partial charge in [0.05, 0.1) is 6.04 Å². The molecule has 7 heteroatoms. The molecular formula is C8H12BrF3N2O. The molecule has 0 aromatic rings. The minimum absolute atomic E-state index is 0.320. The van der Waals surface area contributed by atoms with Crippen LogP contribution in [-0.4, -0.2) is 31.2 Å². The summed E-state index contributed by atoms with van der Waals surface area (Å²) >= 11 is 3.05. The van der Waals surface area contributed by atoms with Crippen LogP contribution in [0.15, 0.2) is 11.1 Å². The van der Waals surface area contributed by atoms with Crippen LogP contribution in [0.3, 0.4) is 0 Å². The second-order valence-electron chi connectivity index (χ2n) is 2.95. The smallest absolute Gasteiger partial charge is 0.346 e. The van der Waals surface area contributed by atoms with Crippen molar-refractivity contribution in [1.29, 1.82) is 0 Å². The van der Waals surface area contributed by atoms with Crippen LogP contribution in [0.4, 0.5) is 13.2 Å². The van der Waals surface area contributed by atoms with Gasteiger partial charge in [0.15, 0.2) is 0 Å². The maximum atomic E-state index is 11.7. The maximum absolute atomic E-state index is 11.7. The van der Waals surface area contributed by atoms with Crippen LogP contribution >= 0.6 is 15.9 Å². The van der Waals surface area contributed by atoms with Crippen LogP contribution in [0.2, 0.25) is 0 Å². The zero-order chi connectivity index (χ0) is 12.1. The second-order valence-corrected chi connectivity index (χ2v) is 4.07. The summed E-state index contributed by atoms with van der Waals surface area (Å²) in [5.41, 5.74) is 0. The summed E-state index contributed by atoms with van der Waals surface area (Å²) in [7, 11) is 0. The van der Waals surface area contributed by atoms with Crippen LogP contribution in [0.5, 0.6) is 0 Å². The Hall–Kier alpha value is -0.560. The Morgan fingerprint density at radius 2 is 2.07 bits per heavy atom. The molecule has 0 saturated carbocycles. The summed E-state index contributed by atoms with van der Waals surface area (Å²) in [5.74, 6) is -0.693. The van der Waals surface area contributed by atoms with Crippen LogP contribution < -0.4 is 10.6 Å². The standard InChI is InChI=1S/C8H12BrF3N2O/c1-5(9)3-13-6(2)7(15)14-4-8(10,11)12/h6,13H,1,3-4H2,2H3,(H,14,15). The van der Waals surface area contributed by atoms with E-state index in [9.17, 15) is 18.0 Å². The minimum atomic E-state index is -4.38. The number of hydrogen-bond donors (Lipinski definition) is 2. The van der Waals surface area contributed by atoms with Gasteiger partial charge in [-0.15, -0.1) is 0 Å². The van der Waals surface area contributed by atoms with Crippen LogP contribution in [0, 0.1) is 0 Å². The van der Waals surface area contributed by atoms with E-state index in [0.717, 1.165) is 0 Å². The fraction of sp³-hybridized carbons (Fsp3) is 0.625. The predicted octanol–water partition coefficient (Wildman–Crippen LogP) is 1.55. The summed E-state index contributed by atoms with van der Waals surface area (Å²) in [4.78, 5) is 11.1. The molecule has 0 bridgehead atoms. The van der Waals surface area contributed by atoms with Gasteiger partial charge in [0, 0.05) is 11.0 Å². The van der Waals surface area contributed by atoms with Gasteiger partial charge in [-0.1, -0.05) is 22.5 Å². The number of hydrogen-bond acceptors (Lipinski definition) is 2. The van der Waals surface area contributed by atoms with Crippen molar-refractivity contribution < 1.29 is 18.0 Å². The van der Waals surface area contributed by atoms with Gasteiger partial charge in [-0.3, -0.25) is 4.79 Å². The molecule has 0 saturated heterocycles. The van der Waals surface area contributed by atoms with E-state index in [-0.39, 0.29) is 0 Å². The third kappa shape index (κ3) is 8.44. The molecule has 2 N–H and O–H groups in total. The first-order valence-electron chi connectivity index (χ1n) is 4.13. The van der Waals surface area contributed by atoms with Crippen LogP contribution in [0.1, 0.15) is 6.92 Å². The molecule has 0 aromatic heterocycles. The summed E-state index contributed by atoms with van der Waals surface area (Å²) in [6, 6.07) is -0.693. The summed E-state index contributed by atoms with van der Waals surface area (Å²) in [6.07, 6.45) is -4.38. The number of carbonyl (C=O) groups excluding carboxylic acids is 1. The van der Waals surface area contributed by atoms with Crippen molar-refractivity contribution in [2.45, 2.75) is 19.1 Å². The first-order chi connectivity index (χ1) is 6.72. The van der Waals surface area contributed by atoms with E-state index in [1.54, 1.807) is 5.32 Å². The molecule has 0 aliphatic carbocycles. The van der Waals surface area contributed by atoms with Crippen molar-refractivity contribution in [2.75, 3.05) is 13.1 Å². The summed E-state index contributed by atoms with van der Waals surface area (Å²) in [6.45, 7) is 4.00.